The van der Waals surface area contributed by atoms with E-state index in [9.17, 15) is 0 Å². The molecule has 0 unspecified atom stereocenters. The van der Waals surface area contributed by atoms with Gasteiger partial charge in [0.05, 0.1) is 34.6 Å². The third-order valence-electron chi connectivity index (χ3n) is 12.3. The first-order valence-electron chi connectivity index (χ1n) is 22.0. The van der Waals surface area contributed by atoms with Gasteiger partial charge in [0.1, 0.15) is 17.3 Å². The summed E-state index contributed by atoms with van der Waals surface area (Å²) in [7, 11) is 2.14. The number of rotatable bonds is 7. The highest BCUT2D eigenvalue weighted by molar-refractivity contribution is 6.11. The zero-order valence-electron chi connectivity index (χ0n) is 38.1. The summed E-state index contributed by atoms with van der Waals surface area (Å²) in [4.78, 5) is 25.2. The van der Waals surface area contributed by atoms with E-state index in [0.717, 1.165) is 84.8 Å². The summed E-state index contributed by atoms with van der Waals surface area (Å²) in [6.07, 6.45) is 1.85. The predicted molar refractivity (Wildman–Crippen MR) is 264 cm³/mol. The molecule has 8 heteroatoms. The van der Waals surface area contributed by atoms with E-state index in [2.05, 4.69) is 204 Å². The summed E-state index contributed by atoms with van der Waals surface area (Å²) in [5, 5.41) is 2.16. The monoisotopic (exact) mass is 839 g/mol. The third kappa shape index (κ3) is 7.53. The normalized spacial score (nSPS) is 13.0. The molecule has 8 nitrogen and oxygen atoms in total. The number of aromatic nitrogens is 5. The lowest BCUT2D eigenvalue weighted by molar-refractivity contribution is 0.480. The highest BCUT2D eigenvalue weighted by atomic mass is 16.5. The number of benzene rings is 6. The Balaban J connectivity index is 1.26. The Morgan fingerprint density at radius 2 is 1.16 bits per heavy atom. The fourth-order valence-electron chi connectivity index (χ4n) is 8.62. The molecule has 0 amide bonds. The number of anilines is 3. The van der Waals surface area contributed by atoms with Gasteiger partial charge in [-0.2, -0.15) is 0 Å². The number of hydrogen-bond acceptors (Lipinski definition) is 7. The Hall–Kier alpha value is -7.32. The van der Waals surface area contributed by atoms with Gasteiger partial charge in [-0.3, -0.25) is 4.57 Å². The van der Waals surface area contributed by atoms with Crippen molar-refractivity contribution in [2.24, 2.45) is 0 Å². The molecule has 64 heavy (non-hydrogen) atoms. The van der Waals surface area contributed by atoms with Gasteiger partial charge >= 0.3 is 0 Å². The van der Waals surface area contributed by atoms with Crippen molar-refractivity contribution in [1.82, 2.24) is 24.5 Å². The second kappa shape index (κ2) is 15.5. The van der Waals surface area contributed by atoms with Crippen LogP contribution in [-0.2, 0) is 10.8 Å². The smallest absolute Gasteiger partial charge is 0.167 e. The van der Waals surface area contributed by atoms with Gasteiger partial charge in [0.25, 0.3) is 0 Å². The summed E-state index contributed by atoms with van der Waals surface area (Å²) in [6, 6.07) is 49.1. The number of para-hydroxylation sites is 2. The first kappa shape index (κ1) is 40.7. The van der Waals surface area contributed by atoms with Crippen molar-refractivity contribution in [3.05, 3.63) is 168 Å². The summed E-state index contributed by atoms with van der Waals surface area (Å²) in [5.74, 6) is 3.86. The summed E-state index contributed by atoms with van der Waals surface area (Å²) in [6.45, 7) is 18.4. The quantitative estimate of drug-likeness (QED) is 0.158. The van der Waals surface area contributed by atoms with Gasteiger partial charge < -0.3 is 14.5 Å². The van der Waals surface area contributed by atoms with Crippen molar-refractivity contribution >= 4 is 38.9 Å². The first-order valence-corrected chi connectivity index (χ1v) is 22.0. The maximum Gasteiger partial charge on any atom is 0.167 e. The zero-order valence-corrected chi connectivity index (χ0v) is 38.1. The van der Waals surface area contributed by atoms with Crippen LogP contribution in [0.4, 0.5) is 17.1 Å². The minimum Gasteiger partial charge on any atom is -0.456 e. The molecule has 0 saturated carbocycles. The van der Waals surface area contributed by atoms with Crippen molar-refractivity contribution in [3.8, 4) is 51.5 Å². The average Bonchev–Trinajstić information content (AvgIpc) is 3.79. The molecule has 0 spiro atoms. The van der Waals surface area contributed by atoms with E-state index >= 15 is 0 Å². The second-order valence-electron chi connectivity index (χ2n) is 19.2. The third-order valence-corrected chi connectivity index (χ3v) is 12.3. The number of pyridine rings is 1. The second-order valence-corrected chi connectivity index (χ2v) is 19.2. The maximum atomic E-state index is 7.34. The van der Waals surface area contributed by atoms with Crippen molar-refractivity contribution in [2.75, 3.05) is 23.5 Å². The Bertz CT molecular complexity index is 3150. The molecule has 1 aliphatic rings. The largest absolute Gasteiger partial charge is 0.456 e. The van der Waals surface area contributed by atoms with E-state index in [0.29, 0.717) is 23.2 Å². The highest BCUT2D eigenvalue weighted by Gasteiger charge is 2.28. The first-order chi connectivity index (χ1) is 30.7. The molecule has 4 heterocycles. The average molecular weight is 840 g/mol. The Morgan fingerprint density at radius 3 is 1.78 bits per heavy atom. The number of ether oxygens (including phenoxy) is 1. The van der Waals surface area contributed by atoms with Gasteiger partial charge in [0.15, 0.2) is 17.5 Å². The highest BCUT2D eigenvalue weighted by Crippen LogP contribution is 2.46. The van der Waals surface area contributed by atoms with Crippen molar-refractivity contribution in [1.29, 1.82) is 0 Å². The van der Waals surface area contributed by atoms with E-state index in [1.807, 2.05) is 18.3 Å². The molecule has 6 aromatic carbocycles. The van der Waals surface area contributed by atoms with Gasteiger partial charge in [0, 0.05) is 53.0 Å². The lowest BCUT2D eigenvalue weighted by Gasteiger charge is -2.26. The van der Waals surface area contributed by atoms with Gasteiger partial charge in [-0.15, -0.1) is 0 Å². The fourth-order valence-corrected chi connectivity index (χ4v) is 8.62. The molecule has 0 fully saturated rings. The topological polar surface area (TPSA) is 72.2 Å². The maximum absolute atomic E-state index is 7.34. The van der Waals surface area contributed by atoms with Gasteiger partial charge in [-0.05, 0) is 90.4 Å². The zero-order chi connectivity index (χ0) is 44.5. The Kier molecular flexibility index (Phi) is 9.86. The van der Waals surface area contributed by atoms with Crippen molar-refractivity contribution in [2.45, 2.75) is 66.2 Å². The molecule has 10 rings (SSSR count). The van der Waals surface area contributed by atoms with E-state index in [4.69, 9.17) is 24.7 Å². The lowest BCUT2D eigenvalue weighted by atomic mass is 9.86. The van der Waals surface area contributed by atoms with E-state index in [1.54, 1.807) is 0 Å². The van der Waals surface area contributed by atoms with Crippen LogP contribution in [0.3, 0.4) is 0 Å². The van der Waals surface area contributed by atoms with Crippen molar-refractivity contribution in [3.63, 3.8) is 0 Å². The molecule has 0 atom stereocenters. The molecule has 1 aliphatic heterocycles. The van der Waals surface area contributed by atoms with Crippen LogP contribution in [0.5, 0.6) is 11.5 Å². The van der Waals surface area contributed by atoms with E-state index < -0.39 is 0 Å². The van der Waals surface area contributed by atoms with Crippen LogP contribution in [0.15, 0.2) is 146 Å². The van der Waals surface area contributed by atoms with Gasteiger partial charge in [0.2, 0.25) is 0 Å². The molecular weight excluding hydrogens is 787 g/mol. The predicted octanol–water partition coefficient (Wildman–Crippen LogP) is 13.9. The molecule has 318 valence electrons. The van der Waals surface area contributed by atoms with Crippen molar-refractivity contribution < 1.29 is 4.74 Å². The van der Waals surface area contributed by atoms with Crippen LogP contribution in [-0.4, -0.2) is 38.2 Å². The van der Waals surface area contributed by atoms with E-state index in [1.165, 1.54) is 11.3 Å². The van der Waals surface area contributed by atoms with Gasteiger partial charge in [-0.25, -0.2) is 19.9 Å². The minimum absolute atomic E-state index is 0.0694. The molecule has 3 aromatic heterocycles. The van der Waals surface area contributed by atoms with Crippen LogP contribution in [0, 0.1) is 13.8 Å². The van der Waals surface area contributed by atoms with Crippen LogP contribution in [0.1, 0.15) is 63.8 Å². The molecule has 0 saturated heterocycles. The van der Waals surface area contributed by atoms with Crippen LogP contribution < -0.4 is 14.5 Å². The Morgan fingerprint density at radius 1 is 0.547 bits per heavy atom. The number of hydrogen-bond donors (Lipinski definition) is 0. The molecule has 0 bridgehead atoms. The standard InChI is InChI=1S/C56H53N7O/c1-35-17-21-37(22-18-35)52-58-53(38-23-19-36(2)20-24-38)60-54(59-52)45-32-44-43-30-39(55(3,4)5)25-26-46(43)63(51-16-12-13-27-57-51)49(44)33-50(45)64-42-29-40(56(6,7)8)28-41(31-42)62-34-61(9)47-14-10-11-15-48(47)62/h10-33H,34H2,1-9H3. The summed E-state index contributed by atoms with van der Waals surface area (Å²) < 4.78 is 9.58. The molecule has 0 N–H and O–H groups in total. The lowest BCUT2D eigenvalue weighted by Crippen LogP contribution is -2.24. The number of nitrogens with zero attached hydrogens (tertiary/aromatic N) is 7. The summed E-state index contributed by atoms with van der Waals surface area (Å²) >= 11 is 0. The molecule has 0 aliphatic carbocycles. The molecule has 0 radical (unpaired) electrons. The molecule has 9 aromatic rings. The van der Waals surface area contributed by atoms with Crippen LogP contribution in [0.2, 0.25) is 0 Å². The number of aryl methyl sites for hydroxylation is 2. The SMILES string of the molecule is Cc1ccc(-c2nc(-c3ccc(C)cc3)nc(-c3cc4c5cc(C(C)(C)C)ccc5n(-c5ccccn5)c4cc3Oc3cc(N4CN(C)c5ccccc54)cc(C(C)(C)C)c3)n2)cc1. The summed E-state index contributed by atoms with van der Waals surface area (Å²) in [5.41, 5.74) is 12.5. The van der Waals surface area contributed by atoms with E-state index in [-0.39, 0.29) is 10.8 Å². The van der Waals surface area contributed by atoms with Crippen LogP contribution >= 0.6 is 0 Å². The number of fused-ring (bicyclic) bond motifs is 4. The van der Waals surface area contributed by atoms with Crippen LogP contribution in [0.25, 0.3) is 61.8 Å². The fraction of sp³-hybridized carbons (Fsp3) is 0.214. The minimum atomic E-state index is -0.164. The Labute approximate surface area is 375 Å². The van der Waals surface area contributed by atoms with Gasteiger partial charge in [-0.1, -0.05) is 125 Å². The molecular formula is C56H53N7O.